The van der Waals surface area contributed by atoms with E-state index in [1.165, 1.54) is 43.5 Å². The van der Waals surface area contributed by atoms with Gasteiger partial charge in [-0.05, 0) is 87.7 Å². The van der Waals surface area contributed by atoms with Gasteiger partial charge in [-0.2, -0.15) is 0 Å². The van der Waals surface area contributed by atoms with Crippen LogP contribution in [0.25, 0.3) is 0 Å². The highest BCUT2D eigenvalue weighted by Crippen LogP contribution is 2.26. The first-order valence-corrected chi connectivity index (χ1v) is 14.2. The largest absolute Gasteiger partial charge is 0.494 e. The zero-order chi connectivity index (χ0) is 25.3. The number of benzene rings is 2. The second kappa shape index (κ2) is 13.1. The highest BCUT2D eigenvalue weighted by molar-refractivity contribution is 7.92. The number of ether oxygens (including phenoxy) is 1. The Hall–Kier alpha value is -2.29. The zero-order valence-electron chi connectivity index (χ0n) is 20.6. The number of nitrogens with one attached hydrogen (secondary N) is 1. The third-order valence-electron chi connectivity index (χ3n) is 6.29. The van der Waals surface area contributed by atoms with Crippen molar-refractivity contribution < 1.29 is 17.9 Å². The van der Waals surface area contributed by atoms with Crippen LogP contribution in [0.3, 0.4) is 0 Å². The van der Waals surface area contributed by atoms with Crippen molar-refractivity contribution in [3.63, 3.8) is 0 Å². The van der Waals surface area contributed by atoms with Gasteiger partial charge in [-0.3, -0.25) is 9.10 Å². The van der Waals surface area contributed by atoms with Crippen LogP contribution in [0.4, 0.5) is 5.69 Å². The van der Waals surface area contributed by atoms with Gasteiger partial charge >= 0.3 is 0 Å². The Morgan fingerprint density at radius 3 is 2.49 bits per heavy atom. The predicted molar refractivity (Wildman–Crippen MR) is 141 cm³/mol. The van der Waals surface area contributed by atoms with Crippen LogP contribution >= 0.6 is 11.6 Å². The number of carbonyl (C=O) groups excluding carboxylic acids is 1. The number of piperidine rings is 1. The number of halogens is 1. The summed E-state index contributed by atoms with van der Waals surface area (Å²) in [5.41, 5.74) is 0.387. The van der Waals surface area contributed by atoms with Gasteiger partial charge in [0, 0.05) is 24.2 Å². The van der Waals surface area contributed by atoms with E-state index in [1.807, 2.05) is 6.92 Å². The fourth-order valence-electron chi connectivity index (χ4n) is 4.44. The number of likely N-dealkylation sites (tertiary alicyclic amines) is 1. The lowest BCUT2D eigenvalue weighted by molar-refractivity contribution is -0.119. The Kier molecular flexibility index (Phi) is 10.2. The molecule has 1 saturated heterocycles. The summed E-state index contributed by atoms with van der Waals surface area (Å²) in [6.45, 7) is 6.83. The third-order valence-corrected chi connectivity index (χ3v) is 8.33. The van der Waals surface area contributed by atoms with Crippen molar-refractivity contribution >= 4 is 33.2 Å². The first kappa shape index (κ1) is 27.3. The van der Waals surface area contributed by atoms with Crippen molar-refractivity contribution in [2.45, 2.75) is 56.9 Å². The third kappa shape index (κ3) is 7.59. The summed E-state index contributed by atoms with van der Waals surface area (Å²) in [7, 11) is -3.98. The van der Waals surface area contributed by atoms with Gasteiger partial charge < -0.3 is 15.0 Å². The Morgan fingerprint density at radius 2 is 1.83 bits per heavy atom. The monoisotopic (exact) mass is 521 g/mol. The summed E-state index contributed by atoms with van der Waals surface area (Å²) < 4.78 is 33.5. The van der Waals surface area contributed by atoms with Crippen molar-refractivity contribution in [2.24, 2.45) is 0 Å². The predicted octanol–water partition coefficient (Wildman–Crippen LogP) is 4.70. The molecule has 1 aliphatic rings. The lowest BCUT2D eigenvalue weighted by Gasteiger charge is -2.35. The van der Waals surface area contributed by atoms with Crippen molar-refractivity contribution in [3.8, 4) is 5.75 Å². The summed E-state index contributed by atoms with van der Waals surface area (Å²) in [6, 6.07) is 13.2. The summed E-state index contributed by atoms with van der Waals surface area (Å²) >= 11 is 5.95. The van der Waals surface area contributed by atoms with Gasteiger partial charge in [-0.15, -0.1) is 0 Å². The van der Waals surface area contributed by atoms with E-state index in [0.717, 1.165) is 30.2 Å². The summed E-state index contributed by atoms with van der Waals surface area (Å²) in [4.78, 5) is 15.4. The molecule has 1 N–H and O–H groups in total. The van der Waals surface area contributed by atoms with Crippen molar-refractivity contribution in [1.29, 1.82) is 0 Å². The van der Waals surface area contributed by atoms with E-state index in [9.17, 15) is 13.2 Å². The molecule has 1 aliphatic heterocycles. The average molecular weight is 522 g/mol. The maximum absolute atomic E-state index is 13.5. The molecule has 35 heavy (non-hydrogen) atoms. The van der Waals surface area contributed by atoms with E-state index in [-0.39, 0.29) is 17.3 Å². The first-order valence-electron chi connectivity index (χ1n) is 12.4. The van der Waals surface area contributed by atoms with E-state index in [1.54, 1.807) is 24.3 Å². The molecule has 0 spiro atoms. The number of hydrogen-bond donors (Lipinski definition) is 1. The average Bonchev–Trinajstić information content (AvgIpc) is 2.86. The fourth-order valence-corrected chi connectivity index (χ4v) is 5.98. The van der Waals surface area contributed by atoms with Gasteiger partial charge in [0.15, 0.2) is 0 Å². The molecular weight excluding hydrogens is 486 g/mol. The molecule has 1 fully saturated rings. The molecule has 3 rings (SSSR count). The molecule has 1 amide bonds. The molecule has 7 nitrogen and oxygen atoms in total. The molecule has 1 atom stereocenters. The van der Waals surface area contributed by atoms with Crippen LogP contribution in [0.5, 0.6) is 5.75 Å². The SMILES string of the molecule is CCOc1ccc(N(CC(=O)NCCCN2CCCCC2CC)S(=O)(=O)c2ccc(Cl)cc2)cc1. The standard InChI is InChI=1S/C26H36ClN3O4S/c1-3-22-8-5-6-18-29(22)19-7-17-28-26(31)20-30(23-11-13-24(14-12-23)34-4-2)35(32,33)25-15-9-21(27)10-16-25/h9-16,22H,3-8,17-20H2,1-2H3,(H,28,31). The van der Waals surface area contributed by atoms with Crippen molar-refractivity contribution in [3.05, 3.63) is 53.6 Å². The summed E-state index contributed by atoms with van der Waals surface area (Å²) in [5.74, 6) is 0.287. The van der Waals surface area contributed by atoms with E-state index in [0.29, 0.717) is 35.7 Å². The van der Waals surface area contributed by atoms with Crippen molar-refractivity contribution in [1.82, 2.24) is 10.2 Å². The van der Waals surface area contributed by atoms with Gasteiger partial charge in [-0.1, -0.05) is 24.9 Å². The van der Waals surface area contributed by atoms with Gasteiger partial charge in [-0.25, -0.2) is 8.42 Å². The fraction of sp³-hybridized carbons (Fsp3) is 0.500. The molecule has 1 heterocycles. The molecule has 0 saturated carbocycles. The number of anilines is 1. The molecule has 0 aliphatic carbocycles. The Morgan fingerprint density at radius 1 is 1.11 bits per heavy atom. The van der Waals surface area contributed by atoms with Gasteiger partial charge in [0.2, 0.25) is 5.91 Å². The maximum Gasteiger partial charge on any atom is 0.264 e. The Balaban J connectivity index is 1.68. The second-order valence-electron chi connectivity index (χ2n) is 8.69. The lowest BCUT2D eigenvalue weighted by Crippen LogP contribution is -2.43. The number of hydrogen-bond acceptors (Lipinski definition) is 5. The van der Waals surface area contributed by atoms with E-state index in [4.69, 9.17) is 16.3 Å². The second-order valence-corrected chi connectivity index (χ2v) is 11.0. The summed E-state index contributed by atoms with van der Waals surface area (Å²) in [6.07, 6.45) is 5.72. The summed E-state index contributed by atoms with van der Waals surface area (Å²) in [5, 5.41) is 3.34. The number of amides is 1. The lowest BCUT2D eigenvalue weighted by atomic mass is 10.00. The Bertz CT molecular complexity index is 1050. The van der Waals surface area contributed by atoms with Crippen LogP contribution in [0, 0.1) is 0 Å². The minimum atomic E-state index is -3.98. The van der Waals surface area contributed by atoms with Gasteiger partial charge in [0.05, 0.1) is 17.2 Å². The smallest absolute Gasteiger partial charge is 0.264 e. The van der Waals surface area contributed by atoms with E-state index in [2.05, 4.69) is 17.1 Å². The molecule has 0 aromatic heterocycles. The molecule has 9 heteroatoms. The van der Waals surface area contributed by atoms with Crippen LogP contribution in [0.2, 0.25) is 5.02 Å². The van der Waals surface area contributed by atoms with Gasteiger partial charge in [0.25, 0.3) is 10.0 Å². The topological polar surface area (TPSA) is 79.0 Å². The number of nitrogens with zero attached hydrogens (tertiary/aromatic N) is 2. The minimum absolute atomic E-state index is 0.0688. The molecule has 0 bridgehead atoms. The minimum Gasteiger partial charge on any atom is -0.494 e. The number of sulfonamides is 1. The van der Waals surface area contributed by atoms with Gasteiger partial charge in [0.1, 0.15) is 12.3 Å². The van der Waals surface area contributed by atoms with E-state index >= 15 is 0 Å². The van der Waals surface area contributed by atoms with Crippen molar-refractivity contribution in [2.75, 3.05) is 37.1 Å². The molecule has 2 aromatic carbocycles. The molecule has 2 aromatic rings. The van der Waals surface area contributed by atoms with Crippen LogP contribution in [0.15, 0.2) is 53.4 Å². The Labute approximate surface area is 214 Å². The highest BCUT2D eigenvalue weighted by Gasteiger charge is 2.27. The van der Waals surface area contributed by atoms with E-state index < -0.39 is 10.0 Å². The molecule has 0 radical (unpaired) electrons. The first-order chi connectivity index (χ1) is 16.8. The normalized spacial score (nSPS) is 16.6. The van der Waals surface area contributed by atoms with Crippen LogP contribution in [-0.2, 0) is 14.8 Å². The molecule has 1 unspecified atom stereocenters. The maximum atomic E-state index is 13.5. The van der Waals surface area contributed by atoms with Crippen LogP contribution in [-0.4, -0.2) is 58.1 Å². The highest BCUT2D eigenvalue weighted by atomic mass is 35.5. The van der Waals surface area contributed by atoms with Crippen LogP contribution in [0.1, 0.15) is 46.0 Å². The molecule has 192 valence electrons. The number of carbonyl (C=O) groups is 1. The number of rotatable bonds is 12. The zero-order valence-corrected chi connectivity index (χ0v) is 22.2. The van der Waals surface area contributed by atoms with Crippen LogP contribution < -0.4 is 14.4 Å². The molecular formula is C26H36ClN3O4S. The quantitative estimate of drug-likeness (QED) is 0.409.